The minimum atomic E-state index is 0.457. The molecule has 0 fully saturated rings. The van der Waals surface area contributed by atoms with Gasteiger partial charge in [0.1, 0.15) is 16.7 Å². The average Bonchev–Trinajstić information content (AvgIpc) is 3.14. The molecule has 2 aromatic carbocycles. The molecule has 29 heavy (non-hydrogen) atoms. The fraction of sp³-hybridized carbons (Fsp3) is 0.174. The summed E-state index contributed by atoms with van der Waals surface area (Å²) in [5, 5.41) is 0.457. The summed E-state index contributed by atoms with van der Waals surface area (Å²) in [4.78, 5) is 13.4. The van der Waals surface area contributed by atoms with E-state index in [1.54, 1.807) is 13.4 Å². The molecule has 0 aliphatic heterocycles. The standard InChI is InChI=1S/C23H21ClN4O/c1-16-14-28(15-25-16)20-9-8-18(11-21(20)29-2)10-19-13-22(24)27-23(26-19)12-17-6-4-3-5-7-17/h3-9,11,13-15H,10,12H2,1-2H3. The molecule has 2 heterocycles. The molecule has 146 valence electrons. The topological polar surface area (TPSA) is 52.8 Å². The van der Waals surface area contributed by atoms with Crippen molar-refractivity contribution < 1.29 is 4.74 Å². The summed E-state index contributed by atoms with van der Waals surface area (Å²) in [6, 6.07) is 18.1. The van der Waals surface area contributed by atoms with Crippen molar-refractivity contribution in [3.8, 4) is 11.4 Å². The molecule has 6 heteroatoms. The SMILES string of the molecule is COc1cc(Cc2cc(Cl)nc(Cc3ccccc3)n2)ccc1-n1cnc(C)c1. The number of hydrogen-bond acceptors (Lipinski definition) is 4. The van der Waals surface area contributed by atoms with Crippen LogP contribution in [0.25, 0.3) is 5.69 Å². The summed E-state index contributed by atoms with van der Waals surface area (Å²) in [6.45, 7) is 1.96. The van der Waals surface area contributed by atoms with Crippen molar-refractivity contribution in [3.63, 3.8) is 0 Å². The van der Waals surface area contributed by atoms with Gasteiger partial charge in [-0.2, -0.15) is 0 Å². The van der Waals surface area contributed by atoms with Crippen LogP contribution in [0.15, 0.2) is 67.1 Å². The molecule has 0 aliphatic carbocycles. The molecule has 0 aliphatic rings. The van der Waals surface area contributed by atoms with Gasteiger partial charge in [0.15, 0.2) is 0 Å². The van der Waals surface area contributed by atoms with Crippen LogP contribution < -0.4 is 4.74 Å². The van der Waals surface area contributed by atoms with Gasteiger partial charge in [-0.25, -0.2) is 15.0 Å². The fourth-order valence-electron chi connectivity index (χ4n) is 3.27. The molecule has 0 radical (unpaired) electrons. The van der Waals surface area contributed by atoms with Crippen molar-refractivity contribution in [3.05, 3.63) is 101 Å². The number of ether oxygens (including phenoxy) is 1. The van der Waals surface area contributed by atoms with Gasteiger partial charge in [0.2, 0.25) is 0 Å². The van der Waals surface area contributed by atoms with Crippen molar-refractivity contribution in [2.45, 2.75) is 19.8 Å². The van der Waals surface area contributed by atoms with Crippen LogP contribution in [0.2, 0.25) is 5.15 Å². The fourth-order valence-corrected chi connectivity index (χ4v) is 3.50. The van der Waals surface area contributed by atoms with E-state index in [2.05, 4.69) is 28.2 Å². The van der Waals surface area contributed by atoms with E-state index in [9.17, 15) is 0 Å². The number of aromatic nitrogens is 4. The summed E-state index contributed by atoms with van der Waals surface area (Å²) in [5.74, 6) is 1.50. The van der Waals surface area contributed by atoms with E-state index < -0.39 is 0 Å². The predicted molar refractivity (Wildman–Crippen MR) is 114 cm³/mol. The van der Waals surface area contributed by atoms with Gasteiger partial charge >= 0.3 is 0 Å². The zero-order chi connectivity index (χ0) is 20.2. The highest BCUT2D eigenvalue weighted by atomic mass is 35.5. The van der Waals surface area contributed by atoms with Gasteiger partial charge in [-0.3, -0.25) is 0 Å². The Labute approximate surface area is 175 Å². The molecule has 0 saturated heterocycles. The molecule has 0 unspecified atom stereocenters. The normalized spacial score (nSPS) is 10.9. The zero-order valence-electron chi connectivity index (χ0n) is 16.3. The lowest BCUT2D eigenvalue weighted by molar-refractivity contribution is 0.412. The van der Waals surface area contributed by atoms with E-state index in [0.717, 1.165) is 39.8 Å². The highest BCUT2D eigenvalue weighted by molar-refractivity contribution is 6.29. The third kappa shape index (κ3) is 4.63. The predicted octanol–water partition coefficient (Wildman–Crippen LogP) is 4.81. The molecule has 0 N–H and O–H groups in total. The van der Waals surface area contributed by atoms with Crippen LogP contribution in [0.3, 0.4) is 0 Å². The Balaban J connectivity index is 1.59. The minimum Gasteiger partial charge on any atom is -0.495 e. The monoisotopic (exact) mass is 404 g/mol. The van der Waals surface area contributed by atoms with E-state index in [-0.39, 0.29) is 0 Å². The maximum atomic E-state index is 6.26. The second kappa shape index (κ2) is 8.45. The number of imidazole rings is 1. The molecule has 4 aromatic rings. The summed E-state index contributed by atoms with van der Waals surface area (Å²) < 4.78 is 7.56. The largest absolute Gasteiger partial charge is 0.495 e. The van der Waals surface area contributed by atoms with Crippen molar-refractivity contribution >= 4 is 11.6 Å². The first kappa shape index (κ1) is 19.2. The summed E-state index contributed by atoms with van der Waals surface area (Å²) >= 11 is 6.26. The smallest absolute Gasteiger partial charge is 0.143 e. The average molecular weight is 405 g/mol. The molecule has 0 saturated carbocycles. The first-order valence-electron chi connectivity index (χ1n) is 9.35. The van der Waals surface area contributed by atoms with Gasteiger partial charge in [-0.15, -0.1) is 0 Å². The van der Waals surface area contributed by atoms with Crippen LogP contribution in [0, 0.1) is 6.92 Å². The third-order valence-electron chi connectivity index (χ3n) is 4.62. The molecule has 0 atom stereocenters. The molecule has 2 aromatic heterocycles. The lowest BCUT2D eigenvalue weighted by atomic mass is 10.1. The Morgan fingerprint density at radius 1 is 0.966 bits per heavy atom. The Hall–Kier alpha value is -3.18. The maximum absolute atomic E-state index is 6.26. The Kier molecular flexibility index (Phi) is 5.58. The highest BCUT2D eigenvalue weighted by Crippen LogP contribution is 2.26. The lowest BCUT2D eigenvalue weighted by Gasteiger charge is -2.12. The first-order chi connectivity index (χ1) is 14.1. The molecular weight excluding hydrogens is 384 g/mol. The molecular formula is C23H21ClN4O. The van der Waals surface area contributed by atoms with E-state index in [1.165, 1.54) is 0 Å². The van der Waals surface area contributed by atoms with Crippen molar-refractivity contribution in [1.82, 2.24) is 19.5 Å². The first-order valence-corrected chi connectivity index (χ1v) is 9.72. The van der Waals surface area contributed by atoms with Gasteiger partial charge in [-0.1, -0.05) is 48.0 Å². The molecule has 4 rings (SSSR count). The maximum Gasteiger partial charge on any atom is 0.143 e. The second-order valence-electron chi connectivity index (χ2n) is 6.87. The van der Waals surface area contributed by atoms with Crippen LogP contribution in [0.4, 0.5) is 0 Å². The number of methoxy groups -OCH3 is 1. The number of hydrogen-bond donors (Lipinski definition) is 0. The van der Waals surface area contributed by atoms with Crippen LogP contribution in [0.5, 0.6) is 5.75 Å². The van der Waals surface area contributed by atoms with Crippen LogP contribution >= 0.6 is 11.6 Å². The summed E-state index contributed by atoms with van der Waals surface area (Å²) in [5.41, 5.74) is 5.02. The Morgan fingerprint density at radius 2 is 1.79 bits per heavy atom. The minimum absolute atomic E-state index is 0.457. The third-order valence-corrected chi connectivity index (χ3v) is 4.81. The number of aryl methyl sites for hydroxylation is 1. The summed E-state index contributed by atoms with van der Waals surface area (Å²) in [7, 11) is 1.67. The van der Waals surface area contributed by atoms with Gasteiger partial charge in [-0.05, 0) is 36.2 Å². The number of benzene rings is 2. The van der Waals surface area contributed by atoms with Gasteiger partial charge in [0, 0.05) is 24.7 Å². The quantitative estimate of drug-likeness (QED) is 0.432. The molecule has 0 spiro atoms. The number of halogens is 1. The zero-order valence-corrected chi connectivity index (χ0v) is 17.1. The van der Waals surface area contributed by atoms with Crippen LogP contribution in [0.1, 0.15) is 28.3 Å². The number of nitrogens with zero attached hydrogens (tertiary/aromatic N) is 4. The highest BCUT2D eigenvalue weighted by Gasteiger charge is 2.10. The summed E-state index contributed by atoms with van der Waals surface area (Å²) in [6.07, 6.45) is 5.05. The van der Waals surface area contributed by atoms with Gasteiger partial charge < -0.3 is 9.30 Å². The van der Waals surface area contributed by atoms with E-state index >= 15 is 0 Å². The Bertz CT molecular complexity index is 1120. The van der Waals surface area contributed by atoms with Crippen molar-refractivity contribution in [2.75, 3.05) is 7.11 Å². The van der Waals surface area contributed by atoms with Gasteiger partial charge in [0.05, 0.1) is 24.8 Å². The lowest BCUT2D eigenvalue weighted by Crippen LogP contribution is -2.03. The number of rotatable bonds is 6. The van der Waals surface area contributed by atoms with E-state index in [1.807, 2.05) is 54.1 Å². The van der Waals surface area contributed by atoms with E-state index in [4.69, 9.17) is 21.3 Å². The Morgan fingerprint density at radius 3 is 2.52 bits per heavy atom. The molecule has 0 bridgehead atoms. The van der Waals surface area contributed by atoms with Crippen molar-refractivity contribution in [2.24, 2.45) is 0 Å². The van der Waals surface area contributed by atoms with Crippen LogP contribution in [-0.4, -0.2) is 26.6 Å². The van der Waals surface area contributed by atoms with Crippen LogP contribution in [-0.2, 0) is 12.8 Å². The van der Waals surface area contributed by atoms with E-state index in [0.29, 0.717) is 18.0 Å². The van der Waals surface area contributed by atoms with Crippen molar-refractivity contribution in [1.29, 1.82) is 0 Å². The second-order valence-corrected chi connectivity index (χ2v) is 7.25. The molecule has 5 nitrogen and oxygen atoms in total. The van der Waals surface area contributed by atoms with Gasteiger partial charge in [0.25, 0.3) is 0 Å². The molecule has 0 amide bonds.